The second-order valence-electron chi connectivity index (χ2n) is 4.50. The van der Waals surface area contributed by atoms with Gasteiger partial charge in [0.25, 0.3) is 0 Å². The largest absolute Gasteiger partial charge is 0.407 e. The molecule has 0 atom stereocenters. The summed E-state index contributed by atoms with van der Waals surface area (Å²) in [5.41, 5.74) is 3.60. The molecular formula is C14H17N3O2. The average Bonchev–Trinajstić information content (AvgIpc) is 2.81. The molecule has 1 heterocycles. The third-order valence-corrected chi connectivity index (χ3v) is 2.96. The van der Waals surface area contributed by atoms with E-state index in [0.29, 0.717) is 18.7 Å². The summed E-state index contributed by atoms with van der Waals surface area (Å²) in [5.74, 6) is 0.357. The van der Waals surface area contributed by atoms with Crippen LogP contribution in [0.3, 0.4) is 0 Å². The zero-order valence-corrected chi connectivity index (χ0v) is 11.4. The van der Waals surface area contributed by atoms with Crippen LogP contribution in [0.1, 0.15) is 35.9 Å². The lowest BCUT2D eigenvalue weighted by Crippen LogP contribution is -2.09. The molecular weight excluding hydrogens is 242 g/mol. The lowest BCUT2D eigenvalue weighted by atomic mass is 10.0. The molecule has 5 heteroatoms. The molecule has 0 radical (unpaired) electrons. The van der Waals surface area contributed by atoms with Crippen molar-refractivity contribution in [2.45, 2.75) is 33.6 Å². The number of amides is 1. The third-order valence-electron chi connectivity index (χ3n) is 2.96. The quantitative estimate of drug-likeness (QED) is 0.916. The van der Waals surface area contributed by atoms with Gasteiger partial charge in [0.2, 0.25) is 11.8 Å². The number of benzene rings is 1. The van der Waals surface area contributed by atoms with Crippen molar-refractivity contribution in [2.75, 3.05) is 5.32 Å². The molecule has 0 saturated carbocycles. The van der Waals surface area contributed by atoms with Crippen LogP contribution in [-0.4, -0.2) is 16.1 Å². The van der Waals surface area contributed by atoms with Gasteiger partial charge in [0.05, 0.1) is 6.42 Å². The highest BCUT2D eigenvalue weighted by molar-refractivity contribution is 5.88. The number of anilines is 1. The molecule has 0 unspecified atom stereocenters. The number of nitrogens with one attached hydrogen (secondary N) is 1. The lowest BCUT2D eigenvalue weighted by molar-refractivity contribution is -0.116. The van der Waals surface area contributed by atoms with Gasteiger partial charge in [-0.25, -0.2) is 0 Å². The maximum Gasteiger partial charge on any atom is 0.322 e. The second kappa shape index (κ2) is 5.65. The summed E-state index contributed by atoms with van der Waals surface area (Å²) in [5, 5.41) is 10.3. The van der Waals surface area contributed by atoms with Crippen LogP contribution < -0.4 is 5.32 Å². The first-order valence-corrected chi connectivity index (χ1v) is 6.27. The summed E-state index contributed by atoms with van der Waals surface area (Å²) in [6, 6.07) is 6.37. The van der Waals surface area contributed by atoms with Gasteiger partial charge in [-0.1, -0.05) is 30.2 Å². The minimum atomic E-state index is -0.138. The number of aromatic nitrogens is 2. The summed E-state index contributed by atoms with van der Waals surface area (Å²) in [4.78, 5) is 11.2. The van der Waals surface area contributed by atoms with Gasteiger partial charge in [-0.05, 0) is 30.5 Å². The Morgan fingerprint density at radius 1 is 1.26 bits per heavy atom. The van der Waals surface area contributed by atoms with Crippen LogP contribution in [0.4, 0.5) is 6.01 Å². The van der Waals surface area contributed by atoms with E-state index >= 15 is 0 Å². The Kier molecular flexibility index (Phi) is 3.94. The van der Waals surface area contributed by atoms with Crippen LogP contribution in [0.5, 0.6) is 0 Å². The smallest absolute Gasteiger partial charge is 0.322 e. The summed E-state index contributed by atoms with van der Waals surface area (Å²) in [6.07, 6.45) is 0.949. The van der Waals surface area contributed by atoms with Gasteiger partial charge in [0.1, 0.15) is 0 Å². The first kappa shape index (κ1) is 13.3. The molecule has 1 aromatic carbocycles. The van der Waals surface area contributed by atoms with Crippen LogP contribution >= 0.6 is 0 Å². The van der Waals surface area contributed by atoms with Crippen molar-refractivity contribution in [1.29, 1.82) is 0 Å². The SMILES string of the molecule is CCC(=O)Nc1nnc(Cc2ccc(C)c(C)c2)o1. The van der Waals surface area contributed by atoms with Gasteiger partial charge < -0.3 is 4.42 Å². The highest BCUT2D eigenvalue weighted by atomic mass is 16.4. The van der Waals surface area contributed by atoms with E-state index in [2.05, 4.69) is 41.5 Å². The normalized spacial score (nSPS) is 10.5. The van der Waals surface area contributed by atoms with E-state index in [1.54, 1.807) is 6.92 Å². The predicted molar refractivity (Wildman–Crippen MR) is 71.9 cm³/mol. The molecule has 1 amide bonds. The molecule has 0 spiro atoms. The monoisotopic (exact) mass is 259 g/mol. The molecule has 0 saturated heterocycles. The minimum absolute atomic E-state index is 0.138. The first-order chi connectivity index (χ1) is 9.08. The molecule has 100 valence electrons. The van der Waals surface area contributed by atoms with Crippen LogP contribution in [0, 0.1) is 13.8 Å². The standard InChI is InChI=1S/C14H17N3O2/c1-4-12(18)15-14-17-16-13(19-14)8-11-6-5-9(2)10(3)7-11/h5-7H,4,8H2,1-3H3,(H,15,17,18). The number of carbonyl (C=O) groups excluding carboxylic acids is 1. The number of hydrogen-bond acceptors (Lipinski definition) is 4. The van der Waals surface area contributed by atoms with E-state index in [9.17, 15) is 4.79 Å². The van der Waals surface area contributed by atoms with Gasteiger partial charge >= 0.3 is 6.01 Å². The molecule has 0 aliphatic rings. The molecule has 0 bridgehead atoms. The van der Waals surface area contributed by atoms with E-state index in [1.807, 2.05) is 6.07 Å². The van der Waals surface area contributed by atoms with Crippen LogP contribution in [-0.2, 0) is 11.2 Å². The molecule has 2 rings (SSSR count). The molecule has 0 aliphatic heterocycles. The van der Waals surface area contributed by atoms with Crippen molar-refractivity contribution < 1.29 is 9.21 Å². The topological polar surface area (TPSA) is 68.0 Å². The zero-order valence-electron chi connectivity index (χ0n) is 11.4. The molecule has 5 nitrogen and oxygen atoms in total. The van der Waals surface area contributed by atoms with E-state index in [-0.39, 0.29) is 11.9 Å². The van der Waals surface area contributed by atoms with Gasteiger partial charge in [-0.2, -0.15) is 0 Å². The van der Waals surface area contributed by atoms with Crippen molar-refractivity contribution in [3.63, 3.8) is 0 Å². The maximum absolute atomic E-state index is 11.2. The second-order valence-corrected chi connectivity index (χ2v) is 4.50. The summed E-state index contributed by atoms with van der Waals surface area (Å²) in [6.45, 7) is 5.91. The maximum atomic E-state index is 11.2. The average molecular weight is 259 g/mol. The number of rotatable bonds is 4. The summed E-state index contributed by atoms with van der Waals surface area (Å²) in [7, 11) is 0. The fraction of sp³-hybridized carbons (Fsp3) is 0.357. The zero-order chi connectivity index (χ0) is 13.8. The van der Waals surface area contributed by atoms with Crippen molar-refractivity contribution in [3.8, 4) is 0 Å². The fourth-order valence-corrected chi connectivity index (χ4v) is 1.67. The Bertz CT molecular complexity index is 590. The van der Waals surface area contributed by atoms with Gasteiger partial charge in [0.15, 0.2) is 0 Å². The Balaban J connectivity index is 2.07. The molecule has 0 fully saturated rings. The number of hydrogen-bond donors (Lipinski definition) is 1. The number of carbonyl (C=O) groups is 1. The van der Waals surface area contributed by atoms with Gasteiger partial charge in [-0.3, -0.25) is 10.1 Å². The number of nitrogens with zero attached hydrogens (tertiary/aromatic N) is 2. The van der Waals surface area contributed by atoms with Crippen molar-refractivity contribution >= 4 is 11.9 Å². The Morgan fingerprint density at radius 2 is 2.05 bits per heavy atom. The minimum Gasteiger partial charge on any atom is -0.407 e. The summed E-state index contributed by atoms with van der Waals surface area (Å²) >= 11 is 0. The number of aryl methyl sites for hydroxylation is 2. The van der Waals surface area contributed by atoms with E-state index in [0.717, 1.165) is 5.56 Å². The molecule has 19 heavy (non-hydrogen) atoms. The molecule has 2 aromatic rings. The Hall–Kier alpha value is -2.17. The van der Waals surface area contributed by atoms with Crippen LogP contribution in [0.25, 0.3) is 0 Å². The van der Waals surface area contributed by atoms with Crippen molar-refractivity contribution in [3.05, 3.63) is 40.8 Å². The Morgan fingerprint density at radius 3 is 2.74 bits per heavy atom. The highest BCUT2D eigenvalue weighted by Gasteiger charge is 2.09. The predicted octanol–water partition coefficient (Wildman–Crippen LogP) is 2.63. The Labute approximate surface area is 112 Å². The van der Waals surface area contributed by atoms with E-state index in [4.69, 9.17) is 4.42 Å². The van der Waals surface area contributed by atoms with Crippen LogP contribution in [0.15, 0.2) is 22.6 Å². The van der Waals surface area contributed by atoms with Crippen molar-refractivity contribution in [2.24, 2.45) is 0 Å². The van der Waals surface area contributed by atoms with Crippen LogP contribution in [0.2, 0.25) is 0 Å². The molecule has 1 aromatic heterocycles. The van der Waals surface area contributed by atoms with E-state index < -0.39 is 0 Å². The highest BCUT2D eigenvalue weighted by Crippen LogP contribution is 2.15. The lowest BCUT2D eigenvalue weighted by Gasteiger charge is -2.02. The van der Waals surface area contributed by atoms with Gasteiger partial charge in [-0.15, -0.1) is 5.10 Å². The summed E-state index contributed by atoms with van der Waals surface area (Å²) < 4.78 is 5.38. The van der Waals surface area contributed by atoms with E-state index in [1.165, 1.54) is 11.1 Å². The third kappa shape index (κ3) is 3.40. The van der Waals surface area contributed by atoms with Crippen molar-refractivity contribution in [1.82, 2.24) is 10.2 Å². The first-order valence-electron chi connectivity index (χ1n) is 6.27. The molecule has 0 aliphatic carbocycles. The van der Waals surface area contributed by atoms with Gasteiger partial charge in [0, 0.05) is 6.42 Å². The molecule has 1 N–H and O–H groups in total. The fourth-order valence-electron chi connectivity index (χ4n) is 1.67.